The smallest absolute Gasteiger partial charge is 0.475 e. The fourth-order valence-electron chi connectivity index (χ4n) is 3.80. The van der Waals surface area contributed by atoms with Gasteiger partial charge in [0.15, 0.2) is 0 Å². The number of thiophene rings is 1. The predicted molar refractivity (Wildman–Crippen MR) is 132 cm³/mol. The lowest BCUT2D eigenvalue weighted by atomic mass is 10.0. The summed E-state index contributed by atoms with van der Waals surface area (Å²) in [6.07, 6.45) is -3.92. The van der Waals surface area contributed by atoms with E-state index in [0.717, 1.165) is 49.6 Å². The van der Waals surface area contributed by atoms with Crippen molar-refractivity contribution in [1.29, 1.82) is 0 Å². The number of hydrogen-bond acceptors (Lipinski definition) is 7. The van der Waals surface area contributed by atoms with E-state index < -0.39 is 24.3 Å². The first kappa shape index (κ1) is 33.0. The summed E-state index contributed by atoms with van der Waals surface area (Å²) in [7, 11) is 0. The van der Waals surface area contributed by atoms with Gasteiger partial charge < -0.3 is 20.8 Å². The van der Waals surface area contributed by atoms with Crippen LogP contribution in [0.4, 0.5) is 26.3 Å². The first-order valence-electron chi connectivity index (χ1n) is 12.0. The average molecular weight is 599 g/mol. The Labute approximate surface area is 229 Å². The minimum absolute atomic E-state index is 0.0856. The Morgan fingerprint density at radius 1 is 0.975 bits per heavy atom. The number of nitrogens with one attached hydrogen (secondary N) is 2. The van der Waals surface area contributed by atoms with Gasteiger partial charge in [-0.3, -0.25) is 14.7 Å². The number of carbonyl (C=O) groups excluding carboxylic acids is 1. The molecule has 0 saturated carbocycles. The first-order chi connectivity index (χ1) is 18.7. The lowest BCUT2D eigenvalue weighted by molar-refractivity contribution is -0.193. The number of pyridine rings is 1. The number of alkyl halides is 6. The molecule has 2 aliphatic rings. The van der Waals surface area contributed by atoms with Crippen LogP contribution in [0.15, 0.2) is 36.5 Å². The van der Waals surface area contributed by atoms with Crippen LogP contribution < -0.4 is 10.6 Å². The van der Waals surface area contributed by atoms with Crippen molar-refractivity contribution < 1.29 is 50.9 Å². The average Bonchev–Trinajstić information content (AvgIpc) is 3.58. The highest BCUT2D eigenvalue weighted by molar-refractivity contribution is 7.14. The number of piperidine rings is 1. The lowest BCUT2D eigenvalue weighted by Gasteiger charge is -2.32. The summed E-state index contributed by atoms with van der Waals surface area (Å²) in [6, 6.07) is 10.9. The van der Waals surface area contributed by atoms with Crippen molar-refractivity contribution in [2.75, 3.05) is 19.6 Å². The molecule has 40 heavy (non-hydrogen) atoms. The highest BCUT2D eigenvalue weighted by Crippen LogP contribution is 2.29. The van der Waals surface area contributed by atoms with Gasteiger partial charge in [0, 0.05) is 42.8 Å². The van der Waals surface area contributed by atoms with Crippen molar-refractivity contribution >= 4 is 29.2 Å². The monoisotopic (exact) mass is 598 g/mol. The molecule has 1 unspecified atom stereocenters. The Balaban J connectivity index is 0.000000333. The number of nitrogens with zero attached hydrogens (tertiary/aromatic N) is 2. The highest BCUT2D eigenvalue weighted by atomic mass is 32.1. The summed E-state index contributed by atoms with van der Waals surface area (Å²) >= 11 is 1.64. The van der Waals surface area contributed by atoms with E-state index in [-0.39, 0.29) is 11.9 Å². The number of carboxylic acid groups (broad SMARTS) is 2. The second-order valence-electron chi connectivity index (χ2n) is 8.80. The molecule has 0 radical (unpaired) electrons. The maximum atomic E-state index is 12.6. The summed E-state index contributed by atoms with van der Waals surface area (Å²) in [5, 5.41) is 21.0. The number of rotatable bonds is 5. The van der Waals surface area contributed by atoms with E-state index in [0.29, 0.717) is 6.04 Å². The molecule has 4 rings (SSSR count). The van der Waals surface area contributed by atoms with E-state index >= 15 is 0 Å². The molecule has 9 nitrogen and oxygen atoms in total. The normalized spacial score (nSPS) is 18.1. The SMILES string of the molecule is O=C(NC1CCN(Cc2ccccn2)CC1)c1ccc(C2CCCN2)s1.O=C(O)C(F)(F)F.O=C(O)C(F)(F)F. The number of carbonyl (C=O) groups is 3. The maximum absolute atomic E-state index is 12.6. The van der Waals surface area contributed by atoms with Gasteiger partial charge in [0.2, 0.25) is 0 Å². The number of likely N-dealkylation sites (tertiary alicyclic amines) is 1. The fourth-order valence-corrected chi connectivity index (χ4v) is 4.82. The van der Waals surface area contributed by atoms with E-state index in [1.54, 1.807) is 11.3 Å². The molecule has 4 heterocycles. The highest BCUT2D eigenvalue weighted by Gasteiger charge is 2.38. The van der Waals surface area contributed by atoms with Gasteiger partial charge in [-0.15, -0.1) is 11.3 Å². The van der Waals surface area contributed by atoms with E-state index in [1.165, 1.54) is 17.7 Å². The summed E-state index contributed by atoms with van der Waals surface area (Å²) in [4.78, 5) is 39.3. The predicted octanol–water partition coefficient (Wildman–Crippen LogP) is 4.23. The second-order valence-corrected chi connectivity index (χ2v) is 9.92. The molecule has 0 aromatic carbocycles. The van der Waals surface area contributed by atoms with Crippen molar-refractivity contribution in [3.05, 3.63) is 52.0 Å². The van der Waals surface area contributed by atoms with Crippen LogP contribution in [0.5, 0.6) is 0 Å². The number of hydrogen-bond donors (Lipinski definition) is 4. The van der Waals surface area contributed by atoms with Gasteiger partial charge in [-0.05, 0) is 56.5 Å². The summed E-state index contributed by atoms with van der Waals surface area (Å²) < 4.78 is 63.5. The molecule has 16 heteroatoms. The largest absolute Gasteiger partial charge is 0.490 e. The zero-order valence-corrected chi connectivity index (χ0v) is 21.8. The standard InChI is InChI=1S/C20H26N4OS.2C2HF3O2/c25-20(19-7-6-18(26-19)17-5-3-11-22-17)23-15-8-12-24(13-9-15)14-16-4-1-2-10-21-16;2*3-2(4,5)1(6)7/h1-2,4,6-7,10,15,17,22H,3,5,8-9,11-14H2,(H,23,25);2*(H,6,7). The Hall–Kier alpha value is -3.24. The van der Waals surface area contributed by atoms with Gasteiger partial charge in [-0.25, -0.2) is 9.59 Å². The topological polar surface area (TPSA) is 132 Å². The third kappa shape index (κ3) is 11.5. The molecule has 2 fully saturated rings. The third-order valence-electron chi connectivity index (χ3n) is 5.77. The van der Waals surface area contributed by atoms with Crippen LogP contribution in [0.3, 0.4) is 0 Å². The van der Waals surface area contributed by atoms with Gasteiger partial charge in [-0.2, -0.15) is 26.3 Å². The molecule has 2 aromatic heterocycles. The zero-order chi connectivity index (χ0) is 29.9. The van der Waals surface area contributed by atoms with Crippen LogP contribution in [0, 0.1) is 0 Å². The van der Waals surface area contributed by atoms with Crippen LogP contribution in [0.1, 0.15) is 52.0 Å². The number of aromatic nitrogens is 1. The molecule has 4 N–H and O–H groups in total. The van der Waals surface area contributed by atoms with Gasteiger partial charge in [0.05, 0.1) is 10.6 Å². The van der Waals surface area contributed by atoms with Crippen LogP contribution in [0.2, 0.25) is 0 Å². The van der Waals surface area contributed by atoms with Gasteiger partial charge in [0.25, 0.3) is 5.91 Å². The molecule has 0 bridgehead atoms. The lowest BCUT2D eigenvalue weighted by Crippen LogP contribution is -2.44. The van der Waals surface area contributed by atoms with Crippen LogP contribution in [-0.2, 0) is 16.1 Å². The van der Waals surface area contributed by atoms with Gasteiger partial charge in [-0.1, -0.05) is 6.07 Å². The Kier molecular flexibility index (Phi) is 12.3. The Morgan fingerprint density at radius 2 is 1.57 bits per heavy atom. The summed E-state index contributed by atoms with van der Waals surface area (Å²) in [5.74, 6) is -5.43. The molecule has 2 aliphatic heterocycles. The van der Waals surface area contributed by atoms with E-state index in [9.17, 15) is 31.1 Å². The molecule has 0 spiro atoms. The number of amides is 1. The molecular weight excluding hydrogens is 570 g/mol. The molecule has 2 aromatic rings. The number of halogens is 6. The van der Waals surface area contributed by atoms with Crippen LogP contribution >= 0.6 is 11.3 Å². The van der Waals surface area contributed by atoms with Crippen molar-refractivity contribution in [2.45, 2.75) is 56.7 Å². The van der Waals surface area contributed by atoms with Gasteiger partial charge >= 0.3 is 24.3 Å². The first-order valence-corrected chi connectivity index (χ1v) is 12.8. The van der Waals surface area contributed by atoms with Crippen molar-refractivity contribution in [3.63, 3.8) is 0 Å². The minimum atomic E-state index is -5.08. The van der Waals surface area contributed by atoms with Crippen molar-refractivity contribution in [2.24, 2.45) is 0 Å². The zero-order valence-electron chi connectivity index (χ0n) is 21.0. The summed E-state index contributed by atoms with van der Waals surface area (Å²) in [6.45, 7) is 3.98. The second kappa shape index (κ2) is 14.9. The number of carboxylic acids is 2. The van der Waals surface area contributed by atoms with Gasteiger partial charge in [0.1, 0.15) is 0 Å². The Morgan fingerprint density at radius 3 is 2.05 bits per heavy atom. The maximum Gasteiger partial charge on any atom is 0.490 e. The van der Waals surface area contributed by atoms with Crippen LogP contribution in [-0.4, -0.2) is 76.0 Å². The molecule has 0 aliphatic carbocycles. The van der Waals surface area contributed by atoms with E-state index in [2.05, 4.69) is 32.7 Å². The van der Waals surface area contributed by atoms with Crippen LogP contribution in [0.25, 0.3) is 0 Å². The van der Waals surface area contributed by atoms with E-state index in [1.807, 2.05) is 24.4 Å². The third-order valence-corrected chi connectivity index (χ3v) is 6.97. The molecule has 2 saturated heterocycles. The quantitative estimate of drug-likeness (QED) is 0.376. The van der Waals surface area contributed by atoms with Crippen molar-refractivity contribution in [1.82, 2.24) is 20.5 Å². The fraction of sp³-hybridized carbons (Fsp3) is 0.500. The van der Waals surface area contributed by atoms with E-state index in [4.69, 9.17) is 19.8 Å². The molecule has 1 amide bonds. The Bertz CT molecular complexity index is 1080. The minimum Gasteiger partial charge on any atom is -0.475 e. The summed E-state index contributed by atoms with van der Waals surface area (Å²) in [5.41, 5.74) is 1.11. The molecule has 222 valence electrons. The molecule has 1 atom stereocenters. The van der Waals surface area contributed by atoms with Crippen molar-refractivity contribution in [3.8, 4) is 0 Å². The number of aliphatic carboxylic acids is 2. The molecular formula is C24H28F6N4O5S.